The average Bonchev–Trinajstić information content (AvgIpc) is 2.87. The number of nitrogens with one attached hydrogen (secondary N) is 1. The van der Waals surface area contributed by atoms with Crippen LogP contribution < -0.4 is 19.6 Å². The van der Waals surface area contributed by atoms with Gasteiger partial charge in [0.05, 0.1) is 39.0 Å². The first-order valence-corrected chi connectivity index (χ1v) is 13.4. The summed E-state index contributed by atoms with van der Waals surface area (Å²) < 4.78 is 45.0. The third kappa shape index (κ3) is 6.53. The second-order valence-electron chi connectivity index (χ2n) is 8.01. The fourth-order valence-corrected chi connectivity index (χ4v) is 6.00. The van der Waals surface area contributed by atoms with E-state index in [9.17, 15) is 13.2 Å². The van der Waals surface area contributed by atoms with Crippen molar-refractivity contribution >= 4 is 38.1 Å². The Labute approximate surface area is 214 Å². The number of methoxy groups -OCH3 is 3. The van der Waals surface area contributed by atoms with Gasteiger partial charge in [-0.2, -0.15) is 9.41 Å². The van der Waals surface area contributed by atoms with Crippen molar-refractivity contribution in [2.24, 2.45) is 5.10 Å². The second-order valence-corrected chi connectivity index (χ2v) is 10.8. The molecule has 11 heteroatoms. The lowest BCUT2D eigenvalue weighted by atomic mass is 9.95. The topological polar surface area (TPSA) is 107 Å². The van der Waals surface area contributed by atoms with Crippen molar-refractivity contribution in [1.82, 2.24) is 9.73 Å². The first-order valence-electron chi connectivity index (χ1n) is 11.2. The van der Waals surface area contributed by atoms with Gasteiger partial charge in [0.1, 0.15) is 0 Å². The van der Waals surface area contributed by atoms with E-state index in [1.54, 1.807) is 24.3 Å². The summed E-state index contributed by atoms with van der Waals surface area (Å²) in [4.78, 5) is 12.9. The molecule has 2 aromatic rings. The molecule has 1 aliphatic rings. The molecule has 0 aliphatic heterocycles. The lowest BCUT2D eigenvalue weighted by Gasteiger charge is -2.32. The maximum atomic E-state index is 13.4. The number of hydrazone groups is 1. The van der Waals surface area contributed by atoms with Crippen molar-refractivity contribution in [2.45, 2.75) is 43.0 Å². The van der Waals surface area contributed by atoms with Crippen molar-refractivity contribution in [1.29, 1.82) is 0 Å². The van der Waals surface area contributed by atoms with Crippen LogP contribution in [0.15, 0.2) is 50.9 Å². The number of hydrogen-bond donors (Lipinski definition) is 1. The summed E-state index contributed by atoms with van der Waals surface area (Å²) in [6, 6.07) is 9.59. The number of halogens is 1. The summed E-state index contributed by atoms with van der Waals surface area (Å²) in [6.07, 6.45) is 5.76. The molecule has 1 saturated carbocycles. The molecule has 0 spiro atoms. The Morgan fingerprint density at radius 3 is 2.29 bits per heavy atom. The third-order valence-electron chi connectivity index (χ3n) is 5.83. The number of ether oxygens (including phenoxy) is 3. The zero-order chi connectivity index (χ0) is 25.4. The quantitative estimate of drug-likeness (QED) is 0.344. The Hall–Kier alpha value is -2.63. The van der Waals surface area contributed by atoms with Gasteiger partial charge in [-0.25, -0.2) is 13.8 Å². The number of rotatable bonds is 10. The van der Waals surface area contributed by atoms with Crippen LogP contribution in [0.2, 0.25) is 0 Å². The van der Waals surface area contributed by atoms with Crippen molar-refractivity contribution < 1.29 is 27.4 Å². The van der Waals surface area contributed by atoms with Crippen LogP contribution in [-0.4, -0.2) is 58.8 Å². The lowest BCUT2D eigenvalue weighted by molar-refractivity contribution is -0.121. The van der Waals surface area contributed by atoms with E-state index in [2.05, 4.69) is 26.5 Å². The van der Waals surface area contributed by atoms with Crippen LogP contribution in [0.5, 0.6) is 17.2 Å². The minimum atomic E-state index is -3.87. The van der Waals surface area contributed by atoms with E-state index in [-0.39, 0.29) is 17.5 Å². The maximum Gasteiger partial charge on any atom is 0.255 e. The number of benzene rings is 2. The van der Waals surface area contributed by atoms with Gasteiger partial charge in [-0.1, -0.05) is 35.2 Å². The Kier molecular flexibility index (Phi) is 9.53. The molecule has 1 N–H and O–H groups in total. The van der Waals surface area contributed by atoms with Crippen LogP contribution in [0.4, 0.5) is 0 Å². The number of carbonyl (C=O) groups excluding carboxylic acids is 1. The van der Waals surface area contributed by atoms with Crippen molar-refractivity contribution in [3.8, 4) is 17.2 Å². The molecule has 35 heavy (non-hydrogen) atoms. The number of sulfonamides is 1. The number of carbonyl (C=O) groups is 1. The van der Waals surface area contributed by atoms with Gasteiger partial charge >= 0.3 is 0 Å². The second kappa shape index (κ2) is 12.4. The van der Waals surface area contributed by atoms with Crippen molar-refractivity contribution in [2.75, 3.05) is 27.9 Å². The Morgan fingerprint density at radius 1 is 1.03 bits per heavy atom. The smallest absolute Gasteiger partial charge is 0.255 e. The van der Waals surface area contributed by atoms with Crippen LogP contribution in [0.3, 0.4) is 0 Å². The summed E-state index contributed by atoms with van der Waals surface area (Å²) in [5.41, 5.74) is 2.99. The largest absolute Gasteiger partial charge is 0.493 e. The summed E-state index contributed by atoms with van der Waals surface area (Å²) in [6.45, 7) is -0.330. The molecule has 190 valence electrons. The predicted molar refractivity (Wildman–Crippen MR) is 137 cm³/mol. The summed E-state index contributed by atoms with van der Waals surface area (Å²) >= 11 is 3.33. The van der Waals surface area contributed by atoms with Gasteiger partial charge in [-0.15, -0.1) is 0 Å². The van der Waals surface area contributed by atoms with Gasteiger partial charge in [-0.05, 0) is 49.2 Å². The van der Waals surface area contributed by atoms with Gasteiger partial charge in [0.25, 0.3) is 5.91 Å². The van der Waals surface area contributed by atoms with E-state index in [0.29, 0.717) is 22.8 Å². The SMILES string of the molecule is COc1ccc(/C=N\NC(=O)CN(C2CCCCC2)S(=O)(=O)c2ccc(Br)cc2)c(OC)c1OC. The number of nitrogens with zero attached hydrogens (tertiary/aromatic N) is 2. The maximum absolute atomic E-state index is 13.4. The first kappa shape index (κ1) is 27.0. The molecule has 0 heterocycles. The van der Waals surface area contributed by atoms with E-state index in [1.165, 1.54) is 44.0 Å². The summed E-state index contributed by atoms with van der Waals surface area (Å²) in [5, 5.41) is 4.02. The molecule has 0 unspecified atom stereocenters. The van der Waals surface area contributed by atoms with E-state index in [1.807, 2.05) is 0 Å². The minimum Gasteiger partial charge on any atom is -0.493 e. The van der Waals surface area contributed by atoms with Gasteiger partial charge in [0.2, 0.25) is 15.8 Å². The van der Waals surface area contributed by atoms with E-state index < -0.39 is 15.9 Å². The Bertz CT molecular complexity index is 1150. The van der Waals surface area contributed by atoms with Crippen LogP contribution in [0.25, 0.3) is 0 Å². The van der Waals surface area contributed by atoms with Crippen molar-refractivity contribution in [3.63, 3.8) is 0 Å². The highest BCUT2D eigenvalue weighted by molar-refractivity contribution is 9.10. The molecule has 0 atom stereocenters. The molecule has 3 rings (SSSR count). The molecule has 0 saturated heterocycles. The Balaban J connectivity index is 1.78. The summed E-state index contributed by atoms with van der Waals surface area (Å²) in [5.74, 6) is 0.750. The first-order chi connectivity index (χ1) is 16.8. The lowest BCUT2D eigenvalue weighted by Crippen LogP contribution is -2.46. The predicted octanol–water partition coefficient (Wildman–Crippen LogP) is 3.95. The minimum absolute atomic E-state index is 0.151. The fourth-order valence-electron chi connectivity index (χ4n) is 4.10. The normalized spacial score (nSPS) is 14.8. The number of amides is 1. The van der Waals surface area contributed by atoms with Gasteiger partial charge in [-0.3, -0.25) is 4.79 Å². The van der Waals surface area contributed by atoms with Crippen LogP contribution in [-0.2, 0) is 14.8 Å². The molecule has 1 fully saturated rings. The fraction of sp³-hybridized carbons (Fsp3) is 0.417. The molecule has 1 aliphatic carbocycles. The van der Waals surface area contributed by atoms with Gasteiger partial charge in [0.15, 0.2) is 11.5 Å². The molecule has 1 amide bonds. The molecule has 0 aromatic heterocycles. The zero-order valence-corrected chi connectivity index (χ0v) is 22.4. The van der Waals surface area contributed by atoms with Crippen molar-refractivity contribution in [3.05, 3.63) is 46.4 Å². The van der Waals surface area contributed by atoms with E-state index in [4.69, 9.17) is 14.2 Å². The monoisotopic (exact) mass is 567 g/mol. The zero-order valence-electron chi connectivity index (χ0n) is 20.0. The molecule has 2 aromatic carbocycles. The molecular weight excluding hydrogens is 538 g/mol. The van der Waals surface area contributed by atoms with Gasteiger partial charge < -0.3 is 14.2 Å². The van der Waals surface area contributed by atoms with E-state index >= 15 is 0 Å². The highest BCUT2D eigenvalue weighted by atomic mass is 79.9. The van der Waals surface area contributed by atoms with Gasteiger partial charge in [0, 0.05) is 16.1 Å². The van der Waals surface area contributed by atoms with Crippen LogP contribution in [0.1, 0.15) is 37.7 Å². The molecular formula is C24H30BrN3O6S. The van der Waals surface area contributed by atoms with Crippen LogP contribution >= 0.6 is 15.9 Å². The van der Waals surface area contributed by atoms with E-state index in [0.717, 1.165) is 36.6 Å². The summed E-state index contributed by atoms with van der Waals surface area (Å²) in [7, 11) is 0.635. The highest BCUT2D eigenvalue weighted by Crippen LogP contribution is 2.39. The molecule has 0 bridgehead atoms. The highest BCUT2D eigenvalue weighted by Gasteiger charge is 2.34. The standard InChI is InChI=1S/C24H30BrN3O6S/c1-32-21-14-9-17(23(33-2)24(21)34-3)15-26-27-22(29)16-28(19-7-5-4-6-8-19)35(30,31)20-12-10-18(25)11-13-20/h9-15,19H,4-8,16H2,1-3H3,(H,27,29)/b26-15-. The van der Waals surface area contributed by atoms with Crippen LogP contribution in [0, 0.1) is 0 Å². The third-order valence-corrected chi connectivity index (χ3v) is 8.27. The Morgan fingerprint density at radius 2 is 1.69 bits per heavy atom. The molecule has 0 radical (unpaired) electrons. The average molecular weight is 568 g/mol. The number of hydrogen-bond acceptors (Lipinski definition) is 7. The molecule has 9 nitrogen and oxygen atoms in total.